The highest BCUT2D eigenvalue weighted by Crippen LogP contribution is 2.28. The molecule has 3 heterocycles. The van der Waals surface area contributed by atoms with Crippen LogP contribution in [0.1, 0.15) is 25.7 Å². The lowest BCUT2D eigenvalue weighted by Gasteiger charge is -2.34. The highest BCUT2D eigenvalue weighted by atomic mass is 32.2. The van der Waals surface area contributed by atoms with Crippen molar-refractivity contribution in [3.8, 4) is 0 Å². The molecule has 2 amide bonds. The van der Waals surface area contributed by atoms with Gasteiger partial charge in [0.2, 0.25) is 11.8 Å². The maximum Gasteiger partial charge on any atom is 0.228 e. The Balaban J connectivity index is 1.62. The lowest BCUT2D eigenvalue weighted by molar-refractivity contribution is -0.137. The Morgan fingerprint density at radius 3 is 2.70 bits per heavy atom. The van der Waals surface area contributed by atoms with E-state index < -0.39 is 9.84 Å². The van der Waals surface area contributed by atoms with Crippen molar-refractivity contribution in [2.45, 2.75) is 37.8 Å². The molecule has 130 valence electrons. The number of piperidine rings is 1. The van der Waals surface area contributed by atoms with Gasteiger partial charge in [0, 0.05) is 38.1 Å². The highest BCUT2D eigenvalue weighted by Gasteiger charge is 2.43. The first-order chi connectivity index (χ1) is 10.9. The van der Waals surface area contributed by atoms with Gasteiger partial charge in [0.15, 0.2) is 9.84 Å². The third kappa shape index (κ3) is 3.52. The molecule has 3 saturated heterocycles. The van der Waals surface area contributed by atoms with Crippen LogP contribution < -0.4 is 5.32 Å². The molecule has 3 atom stereocenters. The van der Waals surface area contributed by atoms with E-state index in [2.05, 4.69) is 5.32 Å². The first kappa shape index (κ1) is 16.7. The molecule has 3 unspecified atom stereocenters. The van der Waals surface area contributed by atoms with Crippen molar-refractivity contribution in [2.24, 2.45) is 5.92 Å². The Bertz CT molecular complexity index is 592. The second kappa shape index (κ2) is 6.39. The quantitative estimate of drug-likeness (QED) is 0.727. The number of amides is 2. The van der Waals surface area contributed by atoms with Gasteiger partial charge in [-0.25, -0.2) is 8.42 Å². The Morgan fingerprint density at radius 1 is 1.26 bits per heavy atom. The van der Waals surface area contributed by atoms with Crippen LogP contribution in [0.2, 0.25) is 0 Å². The van der Waals surface area contributed by atoms with Crippen LogP contribution in [0.15, 0.2) is 0 Å². The zero-order valence-electron chi connectivity index (χ0n) is 13.5. The second-order valence-corrected chi connectivity index (χ2v) is 9.14. The smallest absolute Gasteiger partial charge is 0.228 e. The van der Waals surface area contributed by atoms with Gasteiger partial charge in [-0.3, -0.25) is 9.59 Å². The number of hydrogen-bond acceptors (Lipinski definition) is 5. The summed E-state index contributed by atoms with van der Waals surface area (Å²) >= 11 is 0. The van der Waals surface area contributed by atoms with E-state index in [1.165, 1.54) is 0 Å². The molecule has 0 aromatic carbocycles. The summed E-state index contributed by atoms with van der Waals surface area (Å²) in [5, 5.41) is 3.21. The van der Waals surface area contributed by atoms with Gasteiger partial charge in [-0.05, 0) is 26.3 Å². The highest BCUT2D eigenvalue weighted by molar-refractivity contribution is 7.91. The monoisotopic (exact) mass is 343 g/mol. The van der Waals surface area contributed by atoms with E-state index in [-0.39, 0.29) is 41.7 Å². The molecule has 1 N–H and O–H groups in total. The van der Waals surface area contributed by atoms with E-state index in [4.69, 9.17) is 0 Å². The maximum absolute atomic E-state index is 12.7. The number of hydrogen-bond donors (Lipinski definition) is 1. The minimum absolute atomic E-state index is 0.0432. The second-order valence-electron chi connectivity index (χ2n) is 6.92. The third-order valence-electron chi connectivity index (χ3n) is 5.30. The zero-order chi connectivity index (χ0) is 16.6. The minimum Gasteiger partial charge on any atom is -0.341 e. The fourth-order valence-corrected chi connectivity index (χ4v) is 5.67. The summed E-state index contributed by atoms with van der Waals surface area (Å²) in [6.07, 6.45) is 2.76. The molecule has 8 heteroatoms. The Morgan fingerprint density at radius 2 is 2.04 bits per heavy atom. The summed E-state index contributed by atoms with van der Waals surface area (Å²) in [6, 6.07) is 0.0811. The van der Waals surface area contributed by atoms with Crippen LogP contribution in [-0.2, 0) is 19.4 Å². The van der Waals surface area contributed by atoms with Crippen molar-refractivity contribution >= 4 is 21.7 Å². The van der Waals surface area contributed by atoms with Crippen LogP contribution in [0.3, 0.4) is 0 Å². The number of rotatable bonds is 3. The number of nitrogens with one attached hydrogen (secondary N) is 1. The molecular formula is C15H25N3O4S. The van der Waals surface area contributed by atoms with Crippen LogP contribution in [-0.4, -0.2) is 80.3 Å². The largest absolute Gasteiger partial charge is 0.341 e. The molecule has 0 radical (unpaired) electrons. The van der Waals surface area contributed by atoms with Gasteiger partial charge in [-0.1, -0.05) is 0 Å². The molecule has 3 aliphatic heterocycles. The van der Waals surface area contributed by atoms with Crippen molar-refractivity contribution in [1.29, 1.82) is 0 Å². The van der Waals surface area contributed by atoms with Gasteiger partial charge >= 0.3 is 0 Å². The van der Waals surface area contributed by atoms with Gasteiger partial charge in [0.1, 0.15) is 0 Å². The van der Waals surface area contributed by atoms with Gasteiger partial charge in [-0.15, -0.1) is 0 Å². The Kier molecular flexibility index (Phi) is 4.64. The van der Waals surface area contributed by atoms with E-state index in [9.17, 15) is 18.0 Å². The fraction of sp³-hybridized carbons (Fsp3) is 0.867. The van der Waals surface area contributed by atoms with E-state index in [1.807, 2.05) is 11.9 Å². The summed E-state index contributed by atoms with van der Waals surface area (Å²) in [6.45, 7) is 1.82. The van der Waals surface area contributed by atoms with Crippen molar-refractivity contribution < 1.29 is 18.0 Å². The van der Waals surface area contributed by atoms with Crippen LogP contribution in [0.4, 0.5) is 0 Å². The Hall–Kier alpha value is -1.15. The van der Waals surface area contributed by atoms with Crippen LogP contribution in [0, 0.1) is 5.92 Å². The molecule has 3 aliphatic rings. The molecule has 0 saturated carbocycles. The van der Waals surface area contributed by atoms with Gasteiger partial charge in [0.25, 0.3) is 0 Å². The zero-order valence-corrected chi connectivity index (χ0v) is 14.3. The standard InChI is InChI=1S/C15H25N3O4S/c1-16-12-3-2-5-17(9-12)15(20)11-7-14(19)18(8-11)13-4-6-23(21,22)10-13/h11-13,16H,2-10H2,1H3. The van der Waals surface area contributed by atoms with E-state index >= 15 is 0 Å². The van der Waals surface area contributed by atoms with E-state index in [1.54, 1.807) is 4.90 Å². The third-order valence-corrected chi connectivity index (χ3v) is 7.05. The van der Waals surface area contributed by atoms with Crippen LogP contribution in [0.25, 0.3) is 0 Å². The molecular weight excluding hydrogens is 318 g/mol. The molecule has 23 heavy (non-hydrogen) atoms. The maximum atomic E-state index is 12.7. The molecule has 7 nitrogen and oxygen atoms in total. The molecule has 0 aliphatic carbocycles. The molecule has 0 aromatic rings. The predicted molar refractivity (Wildman–Crippen MR) is 85.5 cm³/mol. The summed E-state index contributed by atoms with van der Waals surface area (Å²) in [4.78, 5) is 28.4. The molecule has 0 aromatic heterocycles. The topological polar surface area (TPSA) is 86.8 Å². The molecule has 3 rings (SSSR count). The van der Waals surface area contributed by atoms with Crippen molar-refractivity contribution in [1.82, 2.24) is 15.1 Å². The summed E-state index contributed by atoms with van der Waals surface area (Å²) in [5.41, 5.74) is 0. The first-order valence-corrected chi connectivity index (χ1v) is 10.2. The number of likely N-dealkylation sites (tertiary alicyclic amines) is 2. The van der Waals surface area contributed by atoms with Crippen molar-refractivity contribution in [2.75, 3.05) is 38.2 Å². The lowest BCUT2D eigenvalue weighted by Crippen LogP contribution is -2.49. The normalized spacial score (nSPS) is 34.1. The number of nitrogens with zero attached hydrogens (tertiary/aromatic N) is 2. The van der Waals surface area contributed by atoms with Crippen molar-refractivity contribution in [3.63, 3.8) is 0 Å². The summed E-state index contributed by atoms with van der Waals surface area (Å²) in [5.74, 6) is -0.156. The van der Waals surface area contributed by atoms with Crippen LogP contribution >= 0.6 is 0 Å². The predicted octanol–water partition coefficient (Wildman–Crippen LogP) is -0.768. The number of likely N-dealkylation sites (N-methyl/N-ethyl adjacent to an activating group) is 1. The SMILES string of the molecule is CNC1CCCN(C(=O)C2CC(=O)N(C3CCS(=O)(=O)C3)C2)C1. The van der Waals surface area contributed by atoms with Gasteiger partial charge < -0.3 is 15.1 Å². The lowest BCUT2D eigenvalue weighted by atomic mass is 10.0. The molecule has 0 bridgehead atoms. The fourth-order valence-electron chi connectivity index (χ4n) is 3.94. The average Bonchev–Trinajstić information content (AvgIpc) is 3.09. The number of sulfone groups is 1. The summed E-state index contributed by atoms with van der Waals surface area (Å²) in [7, 11) is -1.12. The minimum atomic E-state index is -3.02. The summed E-state index contributed by atoms with van der Waals surface area (Å²) < 4.78 is 23.2. The van der Waals surface area contributed by atoms with Crippen LogP contribution in [0.5, 0.6) is 0 Å². The Labute approximate surface area is 137 Å². The van der Waals surface area contributed by atoms with Crippen molar-refractivity contribution in [3.05, 3.63) is 0 Å². The first-order valence-electron chi connectivity index (χ1n) is 8.35. The van der Waals surface area contributed by atoms with E-state index in [0.717, 1.165) is 19.4 Å². The number of carbonyl (C=O) groups is 2. The molecule has 3 fully saturated rings. The number of carbonyl (C=O) groups excluding carboxylic acids is 2. The van der Waals surface area contributed by atoms with Gasteiger partial charge in [-0.2, -0.15) is 0 Å². The molecule has 0 spiro atoms. The van der Waals surface area contributed by atoms with Gasteiger partial charge in [0.05, 0.1) is 17.4 Å². The average molecular weight is 343 g/mol. The van der Waals surface area contributed by atoms with E-state index in [0.29, 0.717) is 25.6 Å².